The van der Waals surface area contributed by atoms with Crippen LogP contribution in [0.15, 0.2) is 42.5 Å². The minimum absolute atomic E-state index is 0.186. The van der Waals surface area contributed by atoms with E-state index in [0.29, 0.717) is 10.6 Å². The molecule has 0 fully saturated rings. The van der Waals surface area contributed by atoms with Gasteiger partial charge in [0.15, 0.2) is 5.11 Å². The van der Waals surface area contributed by atoms with Crippen LogP contribution in [0.4, 0.5) is 14.5 Å². The van der Waals surface area contributed by atoms with Crippen molar-refractivity contribution in [2.45, 2.75) is 6.54 Å². The van der Waals surface area contributed by atoms with E-state index in [0.717, 1.165) is 0 Å². The van der Waals surface area contributed by atoms with Crippen LogP contribution in [0.3, 0.4) is 0 Å². The van der Waals surface area contributed by atoms with Crippen LogP contribution >= 0.6 is 23.8 Å². The third-order valence-corrected chi connectivity index (χ3v) is 3.69. The number of anilines is 1. The van der Waals surface area contributed by atoms with Crippen LogP contribution in [0.2, 0.25) is 5.02 Å². The first-order valence-electron chi connectivity index (χ1n) is 6.18. The molecule has 2 aromatic rings. The van der Waals surface area contributed by atoms with Crippen LogP contribution in [0.5, 0.6) is 0 Å². The molecule has 0 spiro atoms. The Hall–Kier alpha value is -1.72. The molecule has 0 heterocycles. The average Bonchev–Trinajstić information content (AvgIpc) is 2.45. The van der Waals surface area contributed by atoms with Crippen molar-refractivity contribution in [3.8, 4) is 0 Å². The van der Waals surface area contributed by atoms with Crippen LogP contribution in [-0.2, 0) is 6.54 Å². The van der Waals surface area contributed by atoms with Gasteiger partial charge in [0.2, 0.25) is 0 Å². The highest BCUT2D eigenvalue weighted by molar-refractivity contribution is 7.80. The molecule has 0 aliphatic carbocycles. The van der Waals surface area contributed by atoms with E-state index in [9.17, 15) is 8.78 Å². The van der Waals surface area contributed by atoms with E-state index < -0.39 is 11.6 Å². The summed E-state index contributed by atoms with van der Waals surface area (Å²) in [6, 6.07) is 10.7. The second kappa shape index (κ2) is 6.83. The van der Waals surface area contributed by atoms with Crippen molar-refractivity contribution in [2.24, 2.45) is 0 Å². The van der Waals surface area contributed by atoms with Crippen molar-refractivity contribution in [1.82, 2.24) is 4.90 Å². The first-order valence-corrected chi connectivity index (χ1v) is 6.97. The van der Waals surface area contributed by atoms with E-state index in [4.69, 9.17) is 23.8 Å². The van der Waals surface area contributed by atoms with Gasteiger partial charge in [0.05, 0.1) is 5.69 Å². The summed E-state index contributed by atoms with van der Waals surface area (Å²) in [4.78, 5) is 1.59. The Labute approximate surface area is 132 Å². The standard InChI is InChI=1S/C15H13ClF2N2S/c1-20(9-10-11(16)5-4-7-12(10)17)15(21)19-14-8-3-2-6-13(14)18/h2-8H,9H2,1H3,(H,19,21). The van der Waals surface area contributed by atoms with Gasteiger partial charge in [-0.25, -0.2) is 8.78 Å². The molecule has 21 heavy (non-hydrogen) atoms. The minimum atomic E-state index is -0.405. The maximum atomic E-state index is 13.7. The Morgan fingerprint density at radius 2 is 1.81 bits per heavy atom. The number of nitrogens with one attached hydrogen (secondary N) is 1. The summed E-state index contributed by atoms with van der Waals surface area (Å²) in [6.07, 6.45) is 0. The second-order valence-corrected chi connectivity index (χ2v) is 5.26. The predicted molar refractivity (Wildman–Crippen MR) is 85.5 cm³/mol. The van der Waals surface area contributed by atoms with E-state index in [-0.39, 0.29) is 17.3 Å². The molecular weight excluding hydrogens is 314 g/mol. The predicted octanol–water partition coefficient (Wildman–Crippen LogP) is 4.45. The molecule has 0 atom stereocenters. The number of nitrogens with zero attached hydrogens (tertiary/aromatic N) is 1. The van der Waals surface area contributed by atoms with Crippen LogP contribution in [0, 0.1) is 11.6 Å². The molecule has 110 valence electrons. The highest BCUT2D eigenvalue weighted by Gasteiger charge is 2.13. The van der Waals surface area contributed by atoms with Gasteiger partial charge in [-0.1, -0.05) is 29.8 Å². The lowest BCUT2D eigenvalue weighted by molar-refractivity contribution is 0.486. The van der Waals surface area contributed by atoms with Crippen molar-refractivity contribution in [3.63, 3.8) is 0 Å². The van der Waals surface area contributed by atoms with Gasteiger partial charge in [0, 0.05) is 24.2 Å². The van der Waals surface area contributed by atoms with E-state index in [1.54, 1.807) is 36.2 Å². The van der Waals surface area contributed by atoms with Gasteiger partial charge in [-0.15, -0.1) is 0 Å². The lowest BCUT2D eigenvalue weighted by Crippen LogP contribution is -2.31. The van der Waals surface area contributed by atoms with E-state index >= 15 is 0 Å². The summed E-state index contributed by atoms with van der Waals surface area (Å²) < 4.78 is 27.3. The summed E-state index contributed by atoms with van der Waals surface area (Å²) in [6.45, 7) is 0.186. The molecule has 0 bridgehead atoms. The first kappa shape index (κ1) is 15.7. The molecule has 0 radical (unpaired) electrons. The third kappa shape index (κ3) is 3.89. The second-order valence-electron chi connectivity index (χ2n) is 4.47. The Kier molecular flexibility index (Phi) is 5.09. The Bertz CT molecular complexity index is 644. The number of hydrogen-bond acceptors (Lipinski definition) is 1. The number of benzene rings is 2. The van der Waals surface area contributed by atoms with Crippen molar-refractivity contribution in [1.29, 1.82) is 0 Å². The summed E-state index contributed by atoms with van der Waals surface area (Å²) >= 11 is 11.2. The minimum Gasteiger partial charge on any atom is -0.348 e. The zero-order valence-corrected chi connectivity index (χ0v) is 12.8. The average molecular weight is 327 g/mol. The van der Waals surface area contributed by atoms with E-state index in [1.165, 1.54) is 18.2 Å². The maximum Gasteiger partial charge on any atom is 0.173 e. The fourth-order valence-corrected chi connectivity index (χ4v) is 2.16. The number of halogens is 3. The topological polar surface area (TPSA) is 15.3 Å². The van der Waals surface area contributed by atoms with Crippen LogP contribution < -0.4 is 5.32 Å². The molecule has 0 aliphatic rings. The smallest absolute Gasteiger partial charge is 0.173 e. The quantitative estimate of drug-likeness (QED) is 0.839. The Balaban J connectivity index is 2.08. The number of thiocarbonyl (C=S) groups is 1. The summed E-state index contributed by atoms with van der Waals surface area (Å²) in [5.74, 6) is -0.805. The molecular formula is C15H13ClF2N2S. The van der Waals surface area contributed by atoms with Crippen LogP contribution in [0.1, 0.15) is 5.56 Å². The zero-order chi connectivity index (χ0) is 15.4. The molecule has 0 unspecified atom stereocenters. The Morgan fingerprint density at radius 3 is 2.48 bits per heavy atom. The SMILES string of the molecule is CN(Cc1c(F)cccc1Cl)C(=S)Nc1ccccc1F. The van der Waals surface area contributed by atoms with Gasteiger partial charge < -0.3 is 10.2 Å². The van der Waals surface area contributed by atoms with Crippen LogP contribution in [-0.4, -0.2) is 17.1 Å². The van der Waals surface area contributed by atoms with E-state index in [1.807, 2.05) is 0 Å². The molecule has 2 nitrogen and oxygen atoms in total. The molecule has 2 rings (SSSR count). The highest BCUT2D eigenvalue weighted by Crippen LogP contribution is 2.21. The van der Waals surface area contributed by atoms with Gasteiger partial charge in [-0.3, -0.25) is 0 Å². The van der Waals surface area contributed by atoms with Crippen molar-refractivity contribution < 1.29 is 8.78 Å². The summed E-state index contributed by atoms with van der Waals surface area (Å²) in [5, 5.41) is 3.39. The van der Waals surface area contributed by atoms with Gasteiger partial charge in [0.25, 0.3) is 0 Å². The highest BCUT2D eigenvalue weighted by atomic mass is 35.5. The van der Waals surface area contributed by atoms with Gasteiger partial charge in [-0.2, -0.15) is 0 Å². The number of rotatable bonds is 3. The van der Waals surface area contributed by atoms with Crippen molar-refractivity contribution >= 4 is 34.6 Å². The monoisotopic (exact) mass is 326 g/mol. The van der Waals surface area contributed by atoms with Crippen molar-refractivity contribution in [3.05, 3.63) is 64.7 Å². The lowest BCUT2D eigenvalue weighted by atomic mass is 10.2. The number of para-hydroxylation sites is 1. The fraction of sp³-hybridized carbons (Fsp3) is 0.133. The van der Waals surface area contributed by atoms with Crippen LogP contribution in [0.25, 0.3) is 0 Å². The summed E-state index contributed by atoms with van der Waals surface area (Å²) in [5.41, 5.74) is 0.619. The van der Waals surface area contributed by atoms with E-state index in [2.05, 4.69) is 5.32 Å². The molecule has 0 amide bonds. The van der Waals surface area contributed by atoms with Crippen molar-refractivity contribution in [2.75, 3.05) is 12.4 Å². The normalized spacial score (nSPS) is 10.3. The number of hydrogen-bond donors (Lipinski definition) is 1. The fourth-order valence-electron chi connectivity index (χ4n) is 1.77. The molecule has 0 saturated heterocycles. The molecule has 2 aromatic carbocycles. The third-order valence-electron chi connectivity index (χ3n) is 2.92. The molecule has 0 aliphatic heterocycles. The maximum absolute atomic E-state index is 13.7. The van der Waals surface area contributed by atoms with Gasteiger partial charge in [0.1, 0.15) is 11.6 Å². The Morgan fingerprint density at radius 1 is 1.14 bits per heavy atom. The molecule has 6 heteroatoms. The molecule has 0 saturated carbocycles. The first-order chi connectivity index (χ1) is 9.99. The van der Waals surface area contributed by atoms with Gasteiger partial charge >= 0.3 is 0 Å². The summed E-state index contributed by atoms with van der Waals surface area (Å²) in [7, 11) is 1.68. The molecule has 1 N–H and O–H groups in total. The molecule has 0 aromatic heterocycles. The zero-order valence-electron chi connectivity index (χ0n) is 11.2. The van der Waals surface area contributed by atoms with Gasteiger partial charge in [-0.05, 0) is 36.5 Å². The largest absolute Gasteiger partial charge is 0.348 e. The lowest BCUT2D eigenvalue weighted by Gasteiger charge is -2.22.